The smallest absolute Gasteiger partial charge is 0.328 e. The number of amides is 3. The molecule has 0 bridgehead atoms. The Labute approximate surface area is 176 Å². The second-order valence-electron chi connectivity index (χ2n) is 7.58. The van der Waals surface area contributed by atoms with E-state index in [1.54, 1.807) is 26.2 Å². The van der Waals surface area contributed by atoms with Crippen molar-refractivity contribution in [2.75, 3.05) is 32.7 Å². The molecule has 160 valence electrons. The number of carbonyl (C=O) groups excluding carboxylic acids is 2. The second-order valence-corrected chi connectivity index (χ2v) is 7.58. The molecule has 1 aromatic rings. The average Bonchev–Trinajstić information content (AvgIpc) is 3.25. The van der Waals surface area contributed by atoms with Crippen molar-refractivity contribution in [2.24, 2.45) is 4.99 Å². The molecule has 30 heavy (non-hydrogen) atoms. The molecule has 1 saturated heterocycles. The van der Waals surface area contributed by atoms with Gasteiger partial charge in [0.15, 0.2) is 12.2 Å². The number of hydrogen-bond acceptors (Lipinski definition) is 7. The van der Waals surface area contributed by atoms with Gasteiger partial charge in [-0.05, 0) is 32.4 Å². The highest BCUT2D eigenvalue weighted by molar-refractivity contribution is 6.11. The standard InChI is InChI=1S/C21H27N5O4/c1-7-10-24-19(27)17-18(23(4)21(24)28)22-20-25(12(2)13(3)26(17)20)15-9-8-14(29-5)11-16(15)30-6/h8-9,11,17-18H,7,10H2,1-6H3. The first-order valence-electron chi connectivity index (χ1n) is 10.0. The molecule has 1 aromatic carbocycles. The molecule has 2 atom stereocenters. The van der Waals surface area contributed by atoms with Crippen molar-refractivity contribution in [3.63, 3.8) is 0 Å². The fraction of sp³-hybridized carbons (Fsp3) is 0.476. The van der Waals surface area contributed by atoms with Gasteiger partial charge in [0.2, 0.25) is 5.96 Å². The number of rotatable bonds is 5. The third kappa shape index (κ3) is 2.64. The van der Waals surface area contributed by atoms with Gasteiger partial charge < -0.3 is 14.4 Å². The zero-order valence-electron chi connectivity index (χ0n) is 18.2. The SMILES string of the molecule is CCCN1C(=O)C2C(N=C3N(c4ccc(OC)cc4OC)C(C)=C(C)N32)N(C)C1=O. The number of urea groups is 1. The number of allylic oxidation sites excluding steroid dienone is 2. The van der Waals surface area contributed by atoms with Gasteiger partial charge in [0, 0.05) is 31.1 Å². The molecular weight excluding hydrogens is 386 g/mol. The number of benzene rings is 1. The van der Waals surface area contributed by atoms with Crippen LogP contribution in [-0.2, 0) is 4.79 Å². The largest absolute Gasteiger partial charge is 0.497 e. The number of ether oxygens (including phenoxy) is 2. The molecule has 0 N–H and O–H groups in total. The van der Waals surface area contributed by atoms with E-state index in [-0.39, 0.29) is 11.9 Å². The number of hydrogen-bond donors (Lipinski definition) is 0. The number of carbonyl (C=O) groups is 2. The Balaban J connectivity index is 1.79. The number of fused-ring (bicyclic) bond motifs is 3. The fourth-order valence-electron chi connectivity index (χ4n) is 4.30. The Morgan fingerprint density at radius 1 is 1.10 bits per heavy atom. The monoisotopic (exact) mass is 413 g/mol. The van der Waals surface area contributed by atoms with Crippen LogP contribution in [0.5, 0.6) is 11.5 Å². The maximum Gasteiger partial charge on any atom is 0.328 e. The van der Waals surface area contributed by atoms with Crippen molar-refractivity contribution in [3.05, 3.63) is 29.6 Å². The van der Waals surface area contributed by atoms with Crippen LogP contribution >= 0.6 is 0 Å². The Bertz CT molecular complexity index is 972. The van der Waals surface area contributed by atoms with Gasteiger partial charge in [-0.15, -0.1) is 0 Å². The topological polar surface area (TPSA) is 77.9 Å². The van der Waals surface area contributed by atoms with Crippen LogP contribution in [0, 0.1) is 0 Å². The van der Waals surface area contributed by atoms with Gasteiger partial charge in [-0.1, -0.05) is 6.92 Å². The summed E-state index contributed by atoms with van der Waals surface area (Å²) in [5.41, 5.74) is 2.67. The van der Waals surface area contributed by atoms with Gasteiger partial charge in [-0.3, -0.25) is 19.5 Å². The van der Waals surface area contributed by atoms with E-state index in [9.17, 15) is 9.59 Å². The van der Waals surface area contributed by atoms with Crippen LogP contribution in [0.3, 0.4) is 0 Å². The number of nitrogens with zero attached hydrogens (tertiary/aromatic N) is 5. The molecule has 0 radical (unpaired) electrons. The lowest BCUT2D eigenvalue weighted by molar-refractivity contribution is -0.136. The fourth-order valence-corrected chi connectivity index (χ4v) is 4.30. The van der Waals surface area contributed by atoms with E-state index in [1.165, 1.54) is 4.90 Å². The van der Waals surface area contributed by atoms with E-state index < -0.39 is 12.2 Å². The van der Waals surface area contributed by atoms with E-state index in [1.807, 2.05) is 48.8 Å². The minimum absolute atomic E-state index is 0.209. The lowest BCUT2D eigenvalue weighted by Gasteiger charge is -2.40. The third-order valence-corrected chi connectivity index (χ3v) is 5.97. The van der Waals surface area contributed by atoms with E-state index >= 15 is 0 Å². The van der Waals surface area contributed by atoms with E-state index in [2.05, 4.69) is 0 Å². The van der Waals surface area contributed by atoms with Crippen LogP contribution < -0.4 is 14.4 Å². The van der Waals surface area contributed by atoms with Crippen LogP contribution in [-0.4, -0.2) is 72.6 Å². The minimum atomic E-state index is -0.571. The van der Waals surface area contributed by atoms with Crippen LogP contribution in [0.15, 0.2) is 34.6 Å². The maximum absolute atomic E-state index is 13.3. The average molecular weight is 413 g/mol. The third-order valence-electron chi connectivity index (χ3n) is 5.97. The lowest BCUT2D eigenvalue weighted by atomic mass is 10.1. The Kier molecular flexibility index (Phi) is 4.83. The predicted molar refractivity (Wildman–Crippen MR) is 112 cm³/mol. The number of imide groups is 1. The normalized spacial score (nSPS) is 23.2. The van der Waals surface area contributed by atoms with Gasteiger partial charge in [-0.25, -0.2) is 9.79 Å². The maximum atomic E-state index is 13.3. The molecular formula is C21H27N5O4. The molecule has 3 aliphatic rings. The van der Waals surface area contributed by atoms with Crippen molar-refractivity contribution in [3.8, 4) is 11.5 Å². The molecule has 1 fully saturated rings. The van der Waals surface area contributed by atoms with Crippen molar-refractivity contribution < 1.29 is 19.1 Å². The Hall–Kier alpha value is -3.23. The van der Waals surface area contributed by atoms with E-state index in [0.29, 0.717) is 30.4 Å². The zero-order chi connectivity index (χ0) is 21.7. The number of likely N-dealkylation sites (N-methyl/N-ethyl adjacent to an activating group) is 1. The summed E-state index contributed by atoms with van der Waals surface area (Å²) in [7, 11) is 4.91. The summed E-state index contributed by atoms with van der Waals surface area (Å²) in [4.78, 5) is 37.6. The Morgan fingerprint density at radius 3 is 2.47 bits per heavy atom. The first-order valence-corrected chi connectivity index (χ1v) is 10.0. The quantitative estimate of drug-likeness (QED) is 0.738. The number of anilines is 1. The summed E-state index contributed by atoms with van der Waals surface area (Å²) < 4.78 is 10.9. The summed E-state index contributed by atoms with van der Waals surface area (Å²) in [6.45, 7) is 6.30. The van der Waals surface area contributed by atoms with Crippen LogP contribution in [0.4, 0.5) is 10.5 Å². The summed E-state index contributed by atoms with van der Waals surface area (Å²) >= 11 is 0. The number of aliphatic imine (C=N–C) groups is 1. The molecule has 9 heteroatoms. The molecule has 0 aromatic heterocycles. The van der Waals surface area contributed by atoms with E-state index in [4.69, 9.17) is 14.5 Å². The first-order chi connectivity index (χ1) is 14.3. The lowest BCUT2D eigenvalue weighted by Crippen LogP contribution is -2.64. The molecule has 0 saturated carbocycles. The van der Waals surface area contributed by atoms with Crippen LogP contribution in [0.1, 0.15) is 27.2 Å². The van der Waals surface area contributed by atoms with Crippen LogP contribution in [0.25, 0.3) is 0 Å². The number of methoxy groups -OCH3 is 2. The molecule has 0 aliphatic carbocycles. The molecule has 0 spiro atoms. The summed E-state index contributed by atoms with van der Waals surface area (Å²) in [6.07, 6.45) is 0.141. The highest BCUT2D eigenvalue weighted by atomic mass is 16.5. The minimum Gasteiger partial charge on any atom is -0.497 e. The molecule has 9 nitrogen and oxygen atoms in total. The second kappa shape index (κ2) is 7.23. The molecule has 4 rings (SSSR count). The molecule has 3 amide bonds. The Morgan fingerprint density at radius 2 is 1.83 bits per heavy atom. The highest BCUT2D eigenvalue weighted by Crippen LogP contribution is 2.43. The molecule has 2 unspecified atom stereocenters. The van der Waals surface area contributed by atoms with Crippen molar-refractivity contribution >= 4 is 23.6 Å². The molecule has 3 aliphatic heterocycles. The van der Waals surface area contributed by atoms with Crippen molar-refractivity contribution in [1.29, 1.82) is 0 Å². The van der Waals surface area contributed by atoms with Gasteiger partial charge in [0.1, 0.15) is 11.5 Å². The van der Waals surface area contributed by atoms with Gasteiger partial charge in [0.05, 0.1) is 19.9 Å². The molecule has 3 heterocycles. The predicted octanol–water partition coefficient (Wildman–Crippen LogP) is 2.45. The van der Waals surface area contributed by atoms with Crippen LogP contribution in [0.2, 0.25) is 0 Å². The summed E-state index contributed by atoms with van der Waals surface area (Å²) in [5, 5.41) is 0. The van der Waals surface area contributed by atoms with Gasteiger partial charge in [0.25, 0.3) is 5.91 Å². The van der Waals surface area contributed by atoms with Gasteiger partial charge >= 0.3 is 6.03 Å². The van der Waals surface area contributed by atoms with Crippen molar-refractivity contribution in [2.45, 2.75) is 39.4 Å². The first kappa shape index (κ1) is 20.1. The number of guanidine groups is 1. The summed E-state index contributed by atoms with van der Waals surface area (Å²) in [6, 6.07) is 4.70. The van der Waals surface area contributed by atoms with Crippen molar-refractivity contribution in [1.82, 2.24) is 14.7 Å². The van der Waals surface area contributed by atoms with E-state index in [0.717, 1.165) is 17.1 Å². The summed E-state index contributed by atoms with van der Waals surface area (Å²) in [5.74, 6) is 1.72. The highest BCUT2D eigenvalue weighted by Gasteiger charge is 2.55. The van der Waals surface area contributed by atoms with Gasteiger partial charge in [-0.2, -0.15) is 0 Å². The zero-order valence-corrected chi connectivity index (χ0v) is 18.2.